The molecule has 0 spiro atoms. The molecule has 2 amide bonds. The molecule has 1 aromatic rings. The molecule has 166 valence electrons. The van der Waals surface area contributed by atoms with Crippen molar-refractivity contribution in [3.8, 4) is 5.75 Å². The molecule has 1 unspecified atom stereocenters. The summed E-state index contributed by atoms with van der Waals surface area (Å²) in [4.78, 5) is 30.6. The minimum atomic E-state index is -0.308. The van der Waals surface area contributed by atoms with Crippen LogP contribution in [0.15, 0.2) is 24.3 Å². The van der Waals surface area contributed by atoms with Gasteiger partial charge in [0.2, 0.25) is 11.8 Å². The van der Waals surface area contributed by atoms with Gasteiger partial charge in [-0.15, -0.1) is 0 Å². The zero-order valence-electron chi connectivity index (χ0n) is 18.1. The maximum atomic E-state index is 13.0. The molecule has 2 aliphatic heterocycles. The largest absolute Gasteiger partial charge is 0.491 e. The van der Waals surface area contributed by atoms with E-state index in [0.29, 0.717) is 25.4 Å². The molecule has 0 aromatic heterocycles. The summed E-state index contributed by atoms with van der Waals surface area (Å²) in [7, 11) is 1.83. The highest BCUT2D eigenvalue weighted by atomic mass is 19.1. The van der Waals surface area contributed by atoms with Crippen LogP contribution in [0.1, 0.15) is 26.7 Å². The zero-order valence-corrected chi connectivity index (χ0v) is 18.1. The summed E-state index contributed by atoms with van der Waals surface area (Å²) in [5, 5.41) is 0. The van der Waals surface area contributed by atoms with Gasteiger partial charge in [-0.25, -0.2) is 4.39 Å². The number of rotatable bonds is 7. The first-order valence-electron chi connectivity index (χ1n) is 10.6. The Morgan fingerprint density at radius 3 is 2.57 bits per heavy atom. The summed E-state index contributed by atoms with van der Waals surface area (Å²) >= 11 is 0. The fourth-order valence-corrected chi connectivity index (χ4v) is 3.80. The average molecular weight is 422 g/mol. The predicted octanol–water partition coefficient (Wildman–Crippen LogP) is 1.76. The maximum absolute atomic E-state index is 13.0. The van der Waals surface area contributed by atoms with E-state index in [1.165, 1.54) is 12.1 Å². The van der Waals surface area contributed by atoms with Crippen LogP contribution in [0.4, 0.5) is 4.39 Å². The summed E-state index contributed by atoms with van der Waals surface area (Å²) in [5.41, 5.74) is 0. The van der Waals surface area contributed by atoms with Crippen molar-refractivity contribution in [2.75, 3.05) is 46.4 Å². The number of piperidine rings is 1. The van der Waals surface area contributed by atoms with Gasteiger partial charge in [0.15, 0.2) is 0 Å². The molecule has 2 aliphatic rings. The Morgan fingerprint density at radius 2 is 1.93 bits per heavy atom. The van der Waals surface area contributed by atoms with E-state index in [1.807, 2.05) is 25.8 Å². The van der Waals surface area contributed by atoms with E-state index in [-0.39, 0.29) is 42.4 Å². The molecule has 0 aliphatic carbocycles. The minimum absolute atomic E-state index is 0.00194. The third-order valence-corrected chi connectivity index (χ3v) is 5.94. The maximum Gasteiger partial charge on any atom is 0.248 e. The van der Waals surface area contributed by atoms with Crippen LogP contribution in [0.3, 0.4) is 0 Å². The molecule has 8 heteroatoms. The number of ether oxygens (including phenoxy) is 2. The molecule has 0 saturated carbocycles. The summed E-state index contributed by atoms with van der Waals surface area (Å²) in [5.74, 6) is 0.399. The van der Waals surface area contributed by atoms with Crippen molar-refractivity contribution >= 4 is 11.8 Å². The second-order valence-corrected chi connectivity index (χ2v) is 8.35. The number of likely N-dealkylation sites (N-methyl/N-ethyl adjacent to an activating group) is 1. The van der Waals surface area contributed by atoms with Crippen LogP contribution in [-0.2, 0) is 14.3 Å². The Labute approximate surface area is 177 Å². The van der Waals surface area contributed by atoms with Gasteiger partial charge in [-0.1, -0.05) is 0 Å². The van der Waals surface area contributed by atoms with Gasteiger partial charge in [-0.2, -0.15) is 0 Å². The van der Waals surface area contributed by atoms with Crippen molar-refractivity contribution in [2.45, 2.75) is 44.9 Å². The van der Waals surface area contributed by atoms with Gasteiger partial charge in [0.1, 0.15) is 30.9 Å². The molecule has 3 rings (SSSR count). The molecule has 0 bridgehead atoms. The summed E-state index contributed by atoms with van der Waals surface area (Å²) in [6.07, 6.45) is 1.47. The van der Waals surface area contributed by atoms with Crippen LogP contribution in [0.5, 0.6) is 5.75 Å². The lowest BCUT2D eigenvalue weighted by Gasteiger charge is -2.42. The van der Waals surface area contributed by atoms with Crippen LogP contribution in [0.2, 0.25) is 0 Å². The Morgan fingerprint density at radius 1 is 1.27 bits per heavy atom. The Hall–Kier alpha value is -2.19. The molecular formula is C22H32FN3O4. The zero-order chi connectivity index (χ0) is 21.7. The van der Waals surface area contributed by atoms with Crippen molar-refractivity contribution in [3.05, 3.63) is 30.1 Å². The SMILES string of the molecule is CC(C)N(C)C(=O)CN1CCC(N2CC(COc3ccc(F)cc3)OCC2=O)CC1. The van der Waals surface area contributed by atoms with E-state index in [1.54, 1.807) is 17.0 Å². The number of benzene rings is 1. The second kappa shape index (κ2) is 10.2. The lowest BCUT2D eigenvalue weighted by Crippen LogP contribution is -2.56. The highest BCUT2D eigenvalue weighted by Crippen LogP contribution is 2.21. The molecule has 1 aromatic carbocycles. The Bertz CT molecular complexity index is 720. The first-order valence-corrected chi connectivity index (χ1v) is 10.6. The number of likely N-dealkylation sites (tertiary alicyclic amines) is 1. The van der Waals surface area contributed by atoms with Crippen molar-refractivity contribution in [1.82, 2.24) is 14.7 Å². The summed E-state index contributed by atoms with van der Waals surface area (Å²) in [6, 6.07) is 6.21. The quantitative estimate of drug-likeness (QED) is 0.672. The van der Waals surface area contributed by atoms with Gasteiger partial charge >= 0.3 is 0 Å². The number of hydrogen-bond acceptors (Lipinski definition) is 5. The molecular weight excluding hydrogens is 389 g/mol. The van der Waals surface area contributed by atoms with Crippen LogP contribution < -0.4 is 4.74 Å². The number of nitrogens with zero attached hydrogens (tertiary/aromatic N) is 3. The second-order valence-electron chi connectivity index (χ2n) is 8.35. The van der Waals surface area contributed by atoms with Gasteiger partial charge in [-0.05, 0) is 51.0 Å². The van der Waals surface area contributed by atoms with E-state index >= 15 is 0 Å². The number of morpholine rings is 1. The van der Waals surface area contributed by atoms with E-state index in [9.17, 15) is 14.0 Å². The van der Waals surface area contributed by atoms with E-state index in [0.717, 1.165) is 25.9 Å². The lowest BCUT2D eigenvalue weighted by atomic mass is 10.0. The molecule has 0 N–H and O–H groups in total. The Balaban J connectivity index is 1.46. The average Bonchev–Trinajstić information content (AvgIpc) is 2.74. The first-order chi connectivity index (χ1) is 14.3. The molecule has 1 atom stereocenters. The van der Waals surface area contributed by atoms with Crippen molar-refractivity contribution < 1.29 is 23.5 Å². The number of carbonyl (C=O) groups excluding carboxylic acids is 2. The van der Waals surface area contributed by atoms with Gasteiger partial charge in [0, 0.05) is 32.2 Å². The van der Waals surface area contributed by atoms with Gasteiger partial charge in [-0.3, -0.25) is 14.5 Å². The number of halogens is 1. The molecule has 7 nitrogen and oxygen atoms in total. The van der Waals surface area contributed by atoms with Crippen LogP contribution in [0.25, 0.3) is 0 Å². The topological polar surface area (TPSA) is 62.3 Å². The van der Waals surface area contributed by atoms with Crippen molar-refractivity contribution in [3.63, 3.8) is 0 Å². The van der Waals surface area contributed by atoms with Crippen LogP contribution >= 0.6 is 0 Å². The van der Waals surface area contributed by atoms with Crippen LogP contribution in [-0.4, -0.2) is 91.1 Å². The number of carbonyl (C=O) groups is 2. The fourth-order valence-electron chi connectivity index (χ4n) is 3.80. The van der Waals surface area contributed by atoms with Crippen molar-refractivity contribution in [2.24, 2.45) is 0 Å². The highest BCUT2D eigenvalue weighted by molar-refractivity contribution is 5.79. The normalized spacial score (nSPS) is 21.2. The third-order valence-electron chi connectivity index (χ3n) is 5.94. The van der Waals surface area contributed by atoms with Crippen LogP contribution in [0, 0.1) is 5.82 Å². The number of amides is 2. The smallest absolute Gasteiger partial charge is 0.248 e. The van der Waals surface area contributed by atoms with Gasteiger partial charge in [0.05, 0.1) is 13.1 Å². The highest BCUT2D eigenvalue weighted by Gasteiger charge is 2.34. The lowest BCUT2D eigenvalue weighted by molar-refractivity contribution is -0.155. The van der Waals surface area contributed by atoms with Gasteiger partial charge < -0.3 is 19.3 Å². The molecule has 2 fully saturated rings. The molecule has 0 radical (unpaired) electrons. The third kappa shape index (κ3) is 5.92. The molecule has 2 saturated heterocycles. The van der Waals surface area contributed by atoms with Gasteiger partial charge in [0.25, 0.3) is 0 Å². The minimum Gasteiger partial charge on any atom is -0.491 e. The predicted molar refractivity (Wildman–Crippen MR) is 111 cm³/mol. The molecule has 30 heavy (non-hydrogen) atoms. The van der Waals surface area contributed by atoms with E-state index in [4.69, 9.17) is 9.47 Å². The first kappa shape index (κ1) is 22.5. The van der Waals surface area contributed by atoms with Crippen molar-refractivity contribution in [1.29, 1.82) is 0 Å². The monoisotopic (exact) mass is 421 g/mol. The summed E-state index contributed by atoms with van der Waals surface area (Å²) < 4.78 is 24.3. The summed E-state index contributed by atoms with van der Waals surface area (Å²) in [6.45, 7) is 6.87. The fraction of sp³-hybridized carbons (Fsp3) is 0.636. The molecule has 2 heterocycles. The Kier molecular flexibility index (Phi) is 7.66. The number of hydrogen-bond donors (Lipinski definition) is 0. The standard InChI is InChI=1S/C22H32FN3O4/c1-16(2)24(3)21(27)13-25-10-8-18(9-11-25)26-12-20(30-15-22(26)28)14-29-19-6-4-17(23)5-7-19/h4-7,16,18,20H,8-15H2,1-3H3. The van der Waals surface area contributed by atoms with E-state index < -0.39 is 0 Å². The van der Waals surface area contributed by atoms with E-state index in [2.05, 4.69) is 4.90 Å².